The number of likely N-dealkylation sites (N-methyl/N-ethyl adjacent to an activating group) is 1. The van der Waals surface area contributed by atoms with E-state index in [2.05, 4.69) is 22.8 Å². The quantitative estimate of drug-likeness (QED) is 0.699. The topological polar surface area (TPSA) is 25.2 Å². The van der Waals surface area contributed by atoms with Gasteiger partial charge in [0.15, 0.2) is 0 Å². The zero-order valence-electron chi connectivity index (χ0n) is 14.6. The van der Waals surface area contributed by atoms with Crippen LogP contribution in [0.4, 0.5) is 8.78 Å². The molecule has 1 aliphatic rings. The molecule has 1 atom stereocenters. The number of rotatable bonds is 3. The summed E-state index contributed by atoms with van der Waals surface area (Å²) in [6.07, 6.45) is 1.73. The highest BCUT2D eigenvalue weighted by Gasteiger charge is 2.26. The molecule has 3 aromatic rings. The van der Waals surface area contributed by atoms with Gasteiger partial charge in [0.2, 0.25) is 5.91 Å². The van der Waals surface area contributed by atoms with E-state index >= 15 is 0 Å². The number of nitrogens with zero attached hydrogens (tertiary/aromatic N) is 2. The minimum Gasteiger partial charge on any atom is -0.343 e. The number of amides is 1. The molecular weight excluding hydrogens is 334 g/mol. The van der Waals surface area contributed by atoms with Crippen LogP contribution in [0.3, 0.4) is 0 Å². The zero-order valence-corrected chi connectivity index (χ0v) is 14.6. The molecule has 134 valence electrons. The molecular formula is C21H20F2N2O. The van der Waals surface area contributed by atoms with Gasteiger partial charge in [-0.25, -0.2) is 8.78 Å². The van der Waals surface area contributed by atoms with Gasteiger partial charge in [0.1, 0.15) is 11.6 Å². The first-order valence-electron chi connectivity index (χ1n) is 8.79. The molecule has 0 bridgehead atoms. The van der Waals surface area contributed by atoms with Gasteiger partial charge in [-0.3, -0.25) is 4.79 Å². The Morgan fingerprint density at radius 1 is 1.19 bits per heavy atom. The lowest BCUT2D eigenvalue weighted by Crippen LogP contribution is -2.43. The van der Waals surface area contributed by atoms with Crippen LogP contribution in [0.1, 0.15) is 17.7 Å². The highest BCUT2D eigenvalue weighted by molar-refractivity contribution is 5.82. The summed E-state index contributed by atoms with van der Waals surface area (Å²) >= 11 is 0. The highest BCUT2D eigenvalue weighted by atomic mass is 19.1. The molecule has 3 nitrogen and oxygen atoms in total. The van der Waals surface area contributed by atoms with E-state index < -0.39 is 11.6 Å². The van der Waals surface area contributed by atoms with Crippen LogP contribution in [0.25, 0.3) is 10.9 Å². The van der Waals surface area contributed by atoms with Crippen LogP contribution < -0.4 is 0 Å². The molecule has 0 fully saturated rings. The molecule has 4 rings (SSSR count). The van der Waals surface area contributed by atoms with Crippen LogP contribution in [0, 0.1) is 11.6 Å². The zero-order chi connectivity index (χ0) is 18.3. The smallest absolute Gasteiger partial charge is 0.227 e. The monoisotopic (exact) mass is 354 g/mol. The Labute approximate surface area is 150 Å². The molecule has 0 unspecified atom stereocenters. The number of para-hydroxylation sites is 1. The second kappa shape index (κ2) is 6.56. The van der Waals surface area contributed by atoms with Gasteiger partial charge in [-0.2, -0.15) is 0 Å². The van der Waals surface area contributed by atoms with Gasteiger partial charge < -0.3 is 9.47 Å². The third-order valence-electron chi connectivity index (χ3n) is 5.32. The Morgan fingerprint density at radius 3 is 2.81 bits per heavy atom. The van der Waals surface area contributed by atoms with Crippen LogP contribution in [0.2, 0.25) is 0 Å². The van der Waals surface area contributed by atoms with Crippen LogP contribution in [-0.2, 0) is 24.2 Å². The van der Waals surface area contributed by atoms with Crippen molar-refractivity contribution in [2.75, 3.05) is 7.05 Å². The number of carbonyl (C=O) groups excluding carboxylic acids is 1. The number of hydrogen-bond donors (Lipinski definition) is 0. The van der Waals surface area contributed by atoms with Gasteiger partial charge in [-0.15, -0.1) is 0 Å². The van der Waals surface area contributed by atoms with Crippen LogP contribution in [-0.4, -0.2) is 28.5 Å². The molecule has 5 heteroatoms. The molecule has 0 saturated carbocycles. The summed E-state index contributed by atoms with van der Waals surface area (Å²) in [4.78, 5) is 14.3. The summed E-state index contributed by atoms with van der Waals surface area (Å²) in [6.45, 7) is 0.733. The summed E-state index contributed by atoms with van der Waals surface area (Å²) in [5.41, 5.74) is 2.69. The maximum atomic E-state index is 13.8. The maximum absolute atomic E-state index is 13.8. The normalized spacial score (nSPS) is 16.5. The van der Waals surface area contributed by atoms with Crippen molar-refractivity contribution in [1.29, 1.82) is 0 Å². The second-order valence-corrected chi connectivity index (χ2v) is 6.91. The number of aromatic nitrogens is 1. The standard InChI is InChI=1S/C21H20F2N2O/c1-24(21(26)11-14-6-7-16(22)12-19(14)23)18-9-8-17-10-15-4-2-3-5-20(15)25(17)13-18/h2-7,10,12,18H,8-9,11,13H2,1H3/t18-/m1/s1. The molecule has 1 aromatic heterocycles. The largest absolute Gasteiger partial charge is 0.343 e. The Kier molecular flexibility index (Phi) is 4.23. The third-order valence-corrected chi connectivity index (χ3v) is 5.32. The van der Waals surface area contributed by atoms with E-state index in [-0.39, 0.29) is 23.9 Å². The number of carbonyl (C=O) groups is 1. The first kappa shape index (κ1) is 16.8. The SMILES string of the molecule is CN(C(=O)Cc1ccc(F)cc1F)[C@@H]1CCc2cc3ccccc3n2C1. The average Bonchev–Trinajstić information content (AvgIpc) is 3.01. The van der Waals surface area contributed by atoms with Crippen LogP contribution >= 0.6 is 0 Å². The predicted molar refractivity (Wildman–Crippen MR) is 96.9 cm³/mol. The fourth-order valence-electron chi connectivity index (χ4n) is 3.78. The Balaban J connectivity index is 1.51. The minimum atomic E-state index is -0.672. The second-order valence-electron chi connectivity index (χ2n) is 6.91. The van der Waals surface area contributed by atoms with Gasteiger partial charge in [-0.1, -0.05) is 24.3 Å². The predicted octanol–water partition coefficient (Wildman–Crippen LogP) is 3.94. The van der Waals surface area contributed by atoms with E-state index in [4.69, 9.17) is 0 Å². The number of fused-ring (bicyclic) bond motifs is 3. The van der Waals surface area contributed by atoms with Crippen LogP contribution in [0.5, 0.6) is 0 Å². The molecule has 26 heavy (non-hydrogen) atoms. The van der Waals surface area contributed by atoms with E-state index in [1.807, 2.05) is 12.1 Å². The first-order chi connectivity index (χ1) is 12.5. The first-order valence-corrected chi connectivity index (χ1v) is 8.79. The molecule has 0 radical (unpaired) electrons. The van der Waals surface area contributed by atoms with Gasteiger partial charge in [-0.05, 0) is 42.0 Å². The Hall–Kier alpha value is -2.69. The maximum Gasteiger partial charge on any atom is 0.227 e. The van der Waals surface area contributed by atoms with E-state index in [9.17, 15) is 13.6 Å². The fourth-order valence-corrected chi connectivity index (χ4v) is 3.78. The molecule has 1 aliphatic heterocycles. The summed E-state index contributed by atoms with van der Waals surface area (Å²) in [6, 6.07) is 13.9. The number of aryl methyl sites for hydroxylation is 1. The van der Waals surface area contributed by atoms with E-state index in [1.165, 1.54) is 28.7 Å². The number of halogens is 2. The molecule has 1 amide bonds. The lowest BCUT2D eigenvalue weighted by Gasteiger charge is -2.33. The van der Waals surface area contributed by atoms with Crippen molar-refractivity contribution in [3.8, 4) is 0 Å². The van der Waals surface area contributed by atoms with Crippen molar-refractivity contribution in [2.45, 2.75) is 31.8 Å². The Morgan fingerprint density at radius 2 is 2.00 bits per heavy atom. The number of hydrogen-bond acceptors (Lipinski definition) is 1. The molecule has 0 aliphatic carbocycles. The van der Waals surface area contributed by atoms with Crippen molar-refractivity contribution < 1.29 is 13.6 Å². The van der Waals surface area contributed by atoms with Gasteiger partial charge in [0.25, 0.3) is 0 Å². The van der Waals surface area contributed by atoms with Crippen molar-refractivity contribution in [1.82, 2.24) is 9.47 Å². The molecule has 0 saturated heterocycles. The van der Waals surface area contributed by atoms with Gasteiger partial charge in [0, 0.05) is 36.9 Å². The minimum absolute atomic E-state index is 0.0571. The average molecular weight is 354 g/mol. The molecule has 2 aromatic carbocycles. The van der Waals surface area contributed by atoms with Crippen molar-refractivity contribution >= 4 is 16.8 Å². The third kappa shape index (κ3) is 2.98. The summed E-state index contributed by atoms with van der Waals surface area (Å²) in [5, 5.41) is 1.21. The van der Waals surface area contributed by atoms with Crippen LogP contribution in [0.15, 0.2) is 48.5 Å². The number of benzene rings is 2. The van der Waals surface area contributed by atoms with E-state index in [1.54, 1.807) is 11.9 Å². The van der Waals surface area contributed by atoms with E-state index in [0.717, 1.165) is 25.5 Å². The van der Waals surface area contributed by atoms with Gasteiger partial charge >= 0.3 is 0 Å². The fraction of sp³-hybridized carbons (Fsp3) is 0.286. The lowest BCUT2D eigenvalue weighted by molar-refractivity contribution is -0.131. The highest BCUT2D eigenvalue weighted by Crippen LogP contribution is 2.27. The summed E-state index contributed by atoms with van der Waals surface area (Å²) < 4.78 is 29.1. The van der Waals surface area contributed by atoms with Gasteiger partial charge in [0.05, 0.1) is 6.42 Å². The summed E-state index contributed by atoms with van der Waals surface area (Å²) in [5.74, 6) is -1.46. The molecule has 2 heterocycles. The lowest BCUT2D eigenvalue weighted by atomic mass is 10.0. The summed E-state index contributed by atoms with van der Waals surface area (Å²) in [7, 11) is 1.77. The van der Waals surface area contributed by atoms with E-state index in [0.29, 0.717) is 0 Å². The Bertz CT molecular complexity index is 979. The van der Waals surface area contributed by atoms with Crippen molar-refractivity contribution in [3.63, 3.8) is 0 Å². The molecule has 0 N–H and O–H groups in total. The van der Waals surface area contributed by atoms with Crippen molar-refractivity contribution in [2.24, 2.45) is 0 Å². The molecule has 0 spiro atoms. The van der Waals surface area contributed by atoms with Crippen molar-refractivity contribution in [3.05, 3.63) is 71.4 Å².